The lowest BCUT2D eigenvalue weighted by molar-refractivity contribution is 0.0664. The van der Waals surface area contributed by atoms with Crippen LogP contribution in [0.2, 0.25) is 5.02 Å². The highest BCUT2D eigenvalue weighted by molar-refractivity contribution is 6.30. The molecule has 1 aromatic heterocycles. The van der Waals surface area contributed by atoms with Crippen molar-refractivity contribution in [1.82, 2.24) is 14.8 Å². The average Bonchev–Trinajstić information content (AvgIpc) is 2.61. The first-order chi connectivity index (χ1) is 12.0. The van der Waals surface area contributed by atoms with Crippen molar-refractivity contribution in [3.8, 4) is 11.3 Å². The van der Waals surface area contributed by atoms with Crippen LogP contribution in [-0.2, 0) is 0 Å². The molecule has 1 aliphatic heterocycles. The average molecular weight is 359 g/mol. The Morgan fingerprint density at radius 2 is 1.84 bits per heavy atom. The van der Waals surface area contributed by atoms with Crippen molar-refractivity contribution in [1.29, 1.82) is 0 Å². The molecule has 5 nitrogen and oxygen atoms in total. The number of anilines is 1. The lowest BCUT2D eigenvalue weighted by Crippen LogP contribution is -2.47. The van der Waals surface area contributed by atoms with Gasteiger partial charge in [0.15, 0.2) is 0 Å². The van der Waals surface area contributed by atoms with Crippen LogP contribution in [0.3, 0.4) is 0 Å². The monoisotopic (exact) mass is 358 g/mol. The summed E-state index contributed by atoms with van der Waals surface area (Å²) in [5.74, 6) is 0.725. The number of hydrogen-bond acceptors (Lipinski definition) is 4. The molecule has 0 bridgehead atoms. The number of carbonyl (C=O) groups is 1. The van der Waals surface area contributed by atoms with E-state index in [-0.39, 0.29) is 5.91 Å². The number of piperazine rings is 1. The van der Waals surface area contributed by atoms with Crippen molar-refractivity contribution >= 4 is 23.3 Å². The SMILES string of the molecule is CN1CCN(C(=O)c2ccc(-c3cccc(Cl)c3)nc2N(C)C)CC1. The highest BCUT2D eigenvalue weighted by atomic mass is 35.5. The number of aromatic nitrogens is 1. The van der Waals surface area contributed by atoms with E-state index >= 15 is 0 Å². The standard InChI is InChI=1S/C19H23ClN4O/c1-22(2)18-16(19(25)24-11-9-23(3)10-12-24)7-8-17(21-18)14-5-4-6-15(20)13-14/h4-8,13H,9-12H2,1-3H3. The summed E-state index contributed by atoms with van der Waals surface area (Å²) in [5, 5.41) is 0.670. The van der Waals surface area contributed by atoms with Crippen LogP contribution in [0.4, 0.5) is 5.82 Å². The maximum Gasteiger partial charge on any atom is 0.257 e. The molecule has 0 unspecified atom stereocenters. The molecular formula is C19H23ClN4O. The van der Waals surface area contributed by atoms with E-state index in [1.54, 1.807) is 0 Å². The molecule has 1 aromatic carbocycles. The fourth-order valence-corrected chi connectivity index (χ4v) is 3.13. The lowest BCUT2D eigenvalue weighted by Gasteiger charge is -2.33. The second-order valence-corrected chi connectivity index (χ2v) is 7.00. The summed E-state index contributed by atoms with van der Waals surface area (Å²) in [6.07, 6.45) is 0. The molecule has 1 aliphatic rings. The summed E-state index contributed by atoms with van der Waals surface area (Å²) in [6, 6.07) is 11.4. The van der Waals surface area contributed by atoms with Gasteiger partial charge in [0, 0.05) is 50.9 Å². The Hall–Kier alpha value is -2.11. The van der Waals surface area contributed by atoms with E-state index < -0.39 is 0 Å². The van der Waals surface area contributed by atoms with E-state index in [2.05, 4.69) is 11.9 Å². The van der Waals surface area contributed by atoms with Gasteiger partial charge in [-0.3, -0.25) is 4.79 Å². The summed E-state index contributed by atoms with van der Waals surface area (Å²) in [4.78, 5) is 23.7. The van der Waals surface area contributed by atoms with Crippen LogP contribution in [-0.4, -0.2) is 68.0 Å². The zero-order valence-electron chi connectivity index (χ0n) is 14.9. The number of amides is 1. The summed E-state index contributed by atoms with van der Waals surface area (Å²) in [7, 11) is 5.89. The molecule has 0 saturated carbocycles. The Kier molecular flexibility index (Phi) is 5.25. The fraction of sp³-hybridized carbons (Fsp3) is 0.368. The predicted molar refractivity (Wildman–Crippen MR) is 102 cm³/mol. The first-order valence-electron chi connectivity index (χ1n) is 8.38. The van der Waals surface area contributed by atoms with Crippen LogP contribution in [0, 0.1) is 0 Å². The summed E-state index contributed by atoms with van der Waals surface area (Å²) < 4.78 is 0. The Morgan fingerprint density at radius 3 is 2.48 bits per heavy atom. The van der Waals surface area contributed by atoms with Crippen molar-refractivity contribution < 1.29 is 4.79 Å². The minimum Gasteiger partial charge on any atom is -0.362 e. The molecule has 3 rings (SSSR count). The third-order valence-electron chi connectivity index (χ3n) is 4.44. The quantitative estimate of drug-likeness (QED) is 0.845. The Morgan fingerprint density at radius 1 is 1.12 bits per heavy atom. The van der Waals surface area contributed by atoms with Gasteiger partial charge in [-0.25, -0.2) is 4.98 Å². The number of rotatable bonds is 3. The normalized spacial score (nSPS) is 15.3. The minimum atomic E-state index is 0.0435. The number of benzene rings is 1. The summed E-state index contributed by atoms with van der Waals surface area (Å²) in [5.41, 5.74) is 2.38. The molecule has 1 amide bonds. The van der Waals surface area contributed by atoms with Crippen LogP contribution in [0.25, 0.3) is 11.3 Å². The Labute approximate surface area is 153 Å². The van der Waals surface area contributed by atoms with Crippen LogP contribution in [0.15, 0.2) is 36.4 Å². The van der Waals surface area contributed by atoms with Crippen molar-refractivity contribution in [2.75, 3.05) is 52.2 Å². The molecule has 1 fully saturated rings. The second kappa shape index (κ2) is 7.42. The lowest BCUT2D eigenvalue weighted by atomic mass is 10.1. The van der Waals surface area contributed by atoms with Gasteiger partial charge in [0.05, 0.1) is 11.3 Å². The Balaban J connectivity index is 1.93. The van der Waals surface area contributed by atoms with Gasteiger partial charge in [-0.1, -0.05) is 23.7 Å². The largest absolute Gasteiger partial charge is 0.362 e. The number of halogens is 1. The molecule has 25 heavy (non-hydrogen) atoms. The van der Waals surface area contributed by atoms with Crippen molar-refractivity contribution in [3.05, 3.63) is 47.0 Å². The van der Waals surface area contributed by atoms with Crippen molar-refractivity contribution in [3.63, 3.8) is 0 Å². The molecular weight excluding hydrogens is 336 g/mol. The molecule has 0 aliphatic carbocycles. The number of carbonyl (C=O) groups excluding carboxylic acids is 1. The highest BCUT2D eigenvalue weighted by Gasteiger charge is 2.24. The predicted octanol–water partition coefficient (Wildman–Crippen LogP) is 2.86. The maximum absolute atomic E-state index is 13.0. The molecule has 2 aromatic rings. The zero-order chi connectivity index (χ0) is 18.0. The first-order valence-corrected chi connectivity index (χ1v) is 8.75. The number of pyridine rings is 1. The van der Waals surface area contributed by atoms with Crippen LogP contribution in [0.5, 0.6) is 0 Å². The van der Waals surface area contributed by atoms with E-state index in [1.165, 1.54) is 0 Å². The molecule has 6 heteroatoms. The molecule has 0 radical (unpaired) electrons. The molecule has 0 N–H and O–H groups in total. The molecule has 1 saturated heterocycles. The smallest absolute Gasteiger partial charge is 0.257 e. The first kappa shape index (κ1) is 17.7. The van der Waals surface area contributed by atoms with Crippen molar-refractivity contribution in [2.45, 2.75) is 0 Å². The molecule has 0 atom stereocenters. The minimum absolute atomic E-state index is 0.0435. The van der Waals surface area contributed by atoms with E-state index in [0.717, 1.165) is 37.4 Å². The van der Waals surface area contributed by atoms with Crippen LogP contribution >= 0.6 is 11.6 Å². The summed E-state index contributed by atoms with van der Waals surface area (Å²) in [6.45, 7) is 3.30. The Bertz CT molecular complexity index is 770. The van der Waals surface area contributed by atoms with Crippen molar-refractivity contribution in [2.24, 2.45) is 0 Å². The van der Waals surface area contributed by atoms with Gasteiger partial charge in [-0.05, 0) is 31.3 Å². The number of hydrogen-bond donors (Lipinski definition) is 0. The van der Waals surface area contributed by atoms with Gasteiger partial charge in [-0.2, -0.15) is 0 Å². The van der Waals surface area contributed by atoms with E-state index in [0.29, 0.717) is 16.4 Å². The van der Waals surface area contributed by atoms with Crippen LogP contribution in [0.1, 0.15) is 10.4 Å². The van der Waals surface area contributed by atoms with Gasteiger partial charge in [0.25, 0.3) is 5.91 Å². The van der Waals surface area contributed by atoms with E-state index in [9.17, 15) is 4.79 Å². The second-order valence-electron chi connectivity index (χ2n) is 6.57. The van der Waals surface area contributed by atoms with Gasteiger partial charge in [0.2, 0.25) is 0 Å². The van der Waals surface area contributed by atoms with Gasteiger partial charge in [0.1, 0.15) is 5.82 Å². The van der Waals surface area contributed by atoms with E-state index in [1.807, 2.05) is 60.3 Å². The fourth-order valence-electron chi connectivity index (χ4n) is 2.94. The van der Waals surface area contributed by atoms with Gasteiger partial charge < -0.3 is 14.7 Å². The van der Waals surface area contributed by atoms with Gasteiger partial charge in [-0.15, -0.1) is 0 Å². The summed E-state index contributed by atoms with van der Waals surface area (Å²) >= 11 is 6.09. The highest BCUT2D eigenvalue weighted by Crippen LogP contribution is 2.26. The molecule has 0 spiro atoms. The molecule has 2 heterocycles. The zero-order valence-corrected chi connectivity index (χ0v) is 15.6. The third kappa shape index (κ3) is 3.94. The maximum atomic E-state index is 13.0. The van der Waals surface area contributed by atoms with Crippen LogP contribution < -0.4 is 4.90 Å². The van der Waals surface area contributed by atoms with Gasteiger partial charge >= 0.3 is 0 Å². The topological polar surface area (TPSA) is 39.7 Å². The number of likely N-dealkylation sites (N-methyl/N-ethyl adjacent to an activating group) is 1. The van der Waals surface area contributed by atoms with E-state index in [4.69, 9.17) is 16.6 Å². The molecule has 132 valence electrons. The number of nitrogens with zero attached hydrogens (tertiary/aromatic N) is 4. The third-order valence-corrected chi connectivity index (χ3v) is 4.68.